The van der Waals surface area contributed by atoms with E-state index in [1.54, 1.807) is 10.5 Å². The number of esters is 1. The number of hydrogen-bond donors (Lipinski definition) is 0. The predicted octanol–water partition coefficient (Wildman–Crippen LogP) is 10.3. The minimum absolute atomic E-state index is 0.0842. The van der Waals surface area contributed by atoms with Gasteiger partial charge in [0.2, 0.25) is 0 Å². The van der Waals surface area contributed by atoms with Crippen molar-refractivity contribution in [3.05, 3.63) is 7.68 Å². The third kappa shape index (κ3) is 14.2. The standard InChI is InChI=1S/C5H6O2.6C4H9.2Sn/c1-3-4-7-5(2)6;6*1-3-4-2;;/h1H,4H2,2H3;6*1,3-4H2,2H3;;. The zero-order valence-electron chi connectivity index (χ0n) is 23.8. The quantitative estimate of drug-likeness (QED) is 0.0842. The summed E-state index contributed by atoms with van der Waals surface area (Å²) in [6, 6.07) is 0. The second-order valence-corrected chi connectivity index (χ2v) is 37.0. The molecule has 0 radical (unpaired) electrons. The van der Waals surface area contributed by atoms with Crippen LogP contribution in [-0.2, 0) is 9.53 Å². The summed E-state index contributed by atoms with van der Waals surface area (Å²) in [6.07, 6.45) is 16.2. The molecule has 0 heterocycles. The van der Waals surface area contributed by atoms with Crippen LogP contribution in [0.15, 0.2) is 7.68 Å². The summed E-state index contributed by atoms with van der Waals surface area (Å²) < 4.78 is 19.7. The van der Waals surface area contributed by atoms with E-state index in [0.29, 0.717) is 6.61 Å². The number of carbonyl (C=O) groups is 1. The van der Waals surface area contributed by atoms with E-state index in [1.165, 1.54) is 104 Å². The van der Waals surface area contributed by atoms with Crippen LogP contribution in [0.4, 0.5) is 0 Å². The van der Waals surface area contributed by atoms with E-state index in [-0.39, 0.29) is 5.97 Å². The topological polar surface area (TPSA) is 26.3 Å². The van der Waals surface area contributed by atoms with Gasteiger partial charge < -0.3 is 0 Å². The van der Waals surface area contributed by atoms with Crippen molar-refractivity contribution in [1.82, 2.24) is 0 Å². The zero-order valence-corrected chi connectivity index (χ0v) is 29.5. The van der Waals surface area contributed by atoms with Crippen molar-refractivity contribution in [1.29, 1.82) is 0 Å². The average Bonchev–Trinajstić information content (AvgIpc) is 2.82. The molecule has 0 saturated carbocycles. The van der Waals surface area contributed by atoms with Gasteiger partial charge in [-0.15, -0.1) is 0 Å². The van der Waals surface area contributed by atoms with Crippen LogP contribution in [0.3, 0.4) is 0 Å². The number of rotatable bonds is 22. The third-order valence-electron chi connectivity index (χ3n) is 7.70. The number of carbonyl (C=O) groups excluding carboxylic acids is 1. The SMILES string of the molecule is CCC[CH2][Sn](/[CH]=[C](\COC(C)=O)[Sn]([CH2]CCC)([CH2]CCC)[CH2]CCC)([CH2]CCC)[CH2]CCC. The van der Waals surface area contributed by atoms with Gasteiger partial charge in [-0.05, 0) is 0 Å². The van der Waals surface area contributed by atoms with Gasteiger partial charge in [0.05, 0.1) is 0 Å². The second kappa shape index (κ2) is 20.9. The second-order valence-electron chi connectivity index (χ2n) is 10.7. The first-order valence-electron chi connectivity index (χ1n) is 14.7. The Bertz CT molecular complexity index is 472. The molecule has 0 spiro atoms. The molecule has 196 valence electrons. The van der Waals surface area contributed by atoms with Crippen molar-refractivity contribution >= 4 is 42.7 Å². The Balaban J connectivity index is 6.64. The summed E-state index contributed by atoms with van der Waals surface area (Å²) >= 11 is -5.07. The summed E-state index contributed by atoms with van der Waals surface area (Å²) in [6.45, 7) is 16.4. The van der Waals surface area contributed by atoms with Gasteiger partial charge in [-0.25, -0.2) is 0 Å². The fourth-order valence-electron chi connectivity index (χ4n) is 5.48. The molecule has 4 heteroatoms. The molecule has 0 unspecified atom stereocenters. The van der Waals surface area contributed by atoms with Gasteiger partial charge in [-0.1, -0.05) is 0 Å². The maximum absolute atomic E-state index is 12.0. The van der Waals surface area contributed by atoms with Gasteiger partial charge in [0.1, 0.15) is 0 Å². The summed E-state index contributed by atoms with van der Waals surface area (Å²) in [5, 5.41) is 0. The van der Waals surface area contributed by atoms with Crippen LogP contribution >= 0.6 is 0 Å². The van der Waals surface area contributed by atoms with Crippen LogP contribution in [0.25, 0.3) is 0 Å². The maximum atomic E-state index is 12.0. The molecular weight excluding hydrogens is 618 g/mol. The Kier molecular flexibility index (Phi) is 21.5. The molecular formula is C29H60O2Sn2. The molecule has 0 aromatic rings. The Morgan fingerprint density at radius 1 is 0.606 bits per heavy atom. The van der Waals surface area contributed by atoms with Crippen molar-refractivity contribution in [3.8, 4) is 0 Å². The van der Waals surface area contributed by atoms with E-state index in [1.807, 2.05) is 0 Å². The Hall–Kier alpha value is 0.807. The zero-order chi connectivity index (χ0) is 25.0. The fraction of sp³-hybridized carbons (Fsp3) is 0.897. The summed E-state index contributed by atoms with van der Waals surface area (Å²) in [5.74, 6) is -0.0842. The average molecular weight is 678 g/mol. The molecule has 0 saturated heterocycles. The summed E-state index contributed by atoms with van der Waals surface area (Å²) in [7, 11) is 0. The van der Waals surface area contributed by atoms with Crippen LogP contribution < -0.4 is 0 Å². The van der Waals surface area contributed by atoms with Crippen LogP contribution in [-0.4, -0.2) is 49.3 Å². The Labute approximate surface area is 217 Å². The number of ether oxygens (including phenoxy) is 1. The molecule has 0 N–H and O–H groups in total. The van der Waals surface area contributed by atoms with Crippen molar-refractivity contribution in [3.63, 3.8) is 0 Å². The van der Waals surface area contributed by atoms with E-state index >= 15 is 0 Å². The van der Waals surface area contributed by atoms with E-state index in [0.717, 1.165) is 0 Å². The molecule has 0 amide bonds. The van der Waals surface area contributed by atoms with Gasteiger partial charge in [0.25, 0.3) is 0 Å². The molecule has 0 aliphatic heterocycles. The first-order valence-corrected chi connectivity index (χ1v) is 29.9. The predicted molar refractivity (Wildman–Crippen MR) is 155 cm³/mol. The summed E-state index contributed by atoms with van der Waals surface area (Å²) in [5.41, 5.74) is 0. The Morgan fingerprint density at radius 2 is 0.939 bits per heavy atom. The minimum atomic E-state index is -2.61. The third-order valence-corrected chi connectivity index (χ3v) is 40.3. The molecule has 33 heavy (non-hydrogen) atoms. The van der Waals surface area contributed by atoms with E-state index in [9.17, 15) is 4.79 Å². The van der Waals surface area contributed by atoms with Gasteiger partial charge in [-0.2, -0.15) is 0 Å². The molecule has 0 rings (SSSR count). The molecule has 0 aliphatic rings. The van der Waals surface area contributed by atoms with E-state index < -0.39 is 36.8 Å². The van der Waals surface area contributed by atoms with Gasteiger partial charge in [0, 0.05) is 0 Å². The molecule has 0 bridgehead atoms. The molecule has 0 atom stereocenters. The number of unbranched alkanes of at least 4 members (excludes halogenated alkanes) is 6. The van der Waals surface area contributed by atoms with Crippen LogP contribution in [0, 0.1) is 0 Å². The molecule has 0 aliphatic carbocycles. The molecule has 2 nitrogen and oxygen atoms in total. The van der Waals surface area contributed by atoms with Crippen LogP contribution in [0.2, 0.25) is 26.6 Å². The molecule has 0 fully saturated rings. The first-order chi connectivity index (χ1) is 15.9. The van der Waals surface area contributed by atoms with Gasteiger partial charge >= 0.3 is 219 Å². The van der Waals surface area contributed by atoms with Gasteiger partial charge in [0.15, 0.2) is 0 Å². The molecule has 0 aromatic heterocycles. The Morgan fingerprint density at radius 3 is 1.24 bits per heavy atom. The van der Waals surface area contributed by atoms with E-state index in [2.05, 4.69) is 45.6 Å². The summed E-state index contributed by atoms with van der Waals surface area (Å²) in [4.78, 5) is 12.0. The fourth-order valence-corrected chi connectivity index (χ4v) is 47.6. The van der Waals surface area contributed by atoms with Crippen molar-refractivity contribution in [2.75, 3.05) is 6.61 Å². The van der Waals surface area contributed by atoms with Crippen molar-refractivity contribution in [2.24, 2.45) is 0 Å². The van der Waals surface area contributed by atoms with Crippen LogP contribution in [0.5, 0.6) is 0 Å². The first kappa shape index (κ1) is 33.8. The van der Waals surface area contributed by atoms with E-state index in [4.69, 9.17) is 4.74 Å². The molecule has 0 aromatic carbocycles. The normalized spacial score (nSPS) is 12.9. The monoisotopic (exact) mass is 680 g/mol. The van der Waals surface area contributed by atoms with Crippen molar-refractivity contribution in [2.45, 2.75) is 152 Å². The van der Waals surface area contributed by atoms with Crippen LogP contribution in [0.1, 0.15) is 126 Å². The number of hydrogen-bond acceptors (Lipinski definition) is 2. The van der Waals surface area contributed by atoms with Crippen molar-refractivity contribution < 1.29 is 9.53 Å². The van der Waals surface area contributed by atoms with Gasteiger partial charge in [-0.3, -0.25) is 0 Å².